The van der Waals surface area contributed by atoms with Crippen LogP contribution in [0.25, 0.3) is 0 Å². The Morgan fingerprint density at radius 3 is 2.71 bits per heavy atom. The first kappa shape index (κ1) is 17.8. The fourth-order valence-corrected chi connectivity index (χ4v) is 2.08. The summed E-state index contributed by atoms with van der Waals surface area (Å²) in [5, 5.41) is 2.43. The van der Waals surface area contributed by atoms with Crippen molar-refractivity contribution in [3.8, 4) is 5.75 Å². The monoisotopic (exact) mass is 339 g/mol. The summed E-state index contributed by atoms with van der Waals surface area (Å²) in [5.74, 6) is -0.897. The van der Waals surface area contributed by atoms with Crippen LogP contribution in [0.4, 0.5) is 13.2 Å². The van der Waals surface area contributed by atoms with Crippen molar-refractivity contribution in [2.24, 2.45) is 0 Å². The summed E-state index contributed by atoms with van der Waals surface area (Å²) in [6.45, 7) is 2.11. The van der Waals surface area contributed by atoms with Crippen LogP contribution in [0.3, 0.4) is 0 Å². The summed E-state index contributed by atoms with van der Waals surface area (Å²) in [4.78, 5) is 23.7. The maximum absolute atomic E-state index is 12.9. The molecule has 0 aromatic heterocycles. The lowest BCUT2D eigenvalue weighted by Crippen LogP contribution is -2.25. The van der Waals surface area contributed by atoms with Crippen LogP contribution in [0.5, 0.6) is 5.75 Å². The van der Waals surface area contributed by atoms with E-state index in [1.807, 2.05) is 6.92 Å². The lowest BCUT2D eigenvalue weighted by Gasteiger charge is -2.15. The van der Waals surface area contributed by atoms with Crippen LogP contribution in [0.2, 0.25) is 0 Å². The molecule has 1 aliphatic carbocycles. The van der Waals surface area contributed by atoms with Crippen molar-refractivity contribution in [2.75, 3.05) is 6.61 Å². The predicted molar refractivity (Wildman–Crippen MR) is 81.5 cm³/mol. The van der Waals surface area contributed by atoms with E-state index in [1.54, 1.807) is 6.08 Å². The van der Waals surface area contributed by atoms with Gasteiger partial charge in [0.15, 0.2) is 5.78 Å². The van der Waals surface area contributed by atoms with Gasteiger partial charge in [0, 0.05) is 18.2 Å². The molecular weight excluding hydrogens is 323 g/mol. The molecule has 4 nitrogen and oxygen atoms in total. The lowest BCUT2D eigenvalue weighted by molar-refractivity contribution is -0.137. The highest BCUT2D eigenvalue weighted by atomic mass is 19.4. The molecule has 7 heteroatoms. The van der Waals surface area contributed by atoms with Gasteiger partial charge in [-0.1, -0.05) is 13.0 Å². The van der Waals surface area contributed by atoms with Gasteiger partial charge in [-0.25, -0.2) is 0 Å². The minimum Gasteiger partial charge on any atom is -0.493 e. The number of ketones is 1. The Morgan fingerprint density at radius 2 is 2.08 bits per heavy atom. The molecule has 2 rings (SSSR count). The lowest BCUT2D eigenvalue weighted by atomic mass is 10.1. The molecule has 1 aromatic carbocycles. The number of benzene rings is 1. The Labute approximate surface area is 137 Å². The minimum absolute atomic E-state index is 0.0639. The average molecular weight is 339 g/mol. The maximum atomic E-state index is 12.9. The number of allylic oxidation sites excluding steroid dienone is 3. The van der Waals surface area contributed by atoms with Crippen LogP contribution in [-0.4, -0.2) is 18.3 Å². The van der Waals surface area contributed by atoms with Crippen molar-refractivity contribution in [3.05, 3.63) is 53.3 Å². The molecular formula is C17H16F3NO3. The summed E-state index contributed by atoms with van der Waals surface area (Å²) in [6.07, 6.45) is 0.632. The maximum Gasteiger partial charge on any atom is 0.416 e. The number of carbonyl (C=O) groups is 2. The molecule has 1 aromatic rings. The molecule has 1 aliphatic rings. The van der Waals surface area contributed by atoms with E-state index >= 15 is 0 Å². The van der Waals surface area contributed by atoms with Crippen LogP contribution < -0.4 is 10.1 Å². The van der Waals surface area contributed by atoms with Crippen LogP contribution in [0.1, 0.15) is 35.7 Å². The van der Waals surface area contributed by atoms with Crippen molar-refractivity contribution in [1.82, 2.24) is 5.32 Å². The number of hydrogen-bond acceptors (Lipinski definition) is 3. The van der Waals surface area contributed by atoms with E-state index in [1.165, 1.54) is 12.2 Å². The molecule has 0 spiro atoms. The Morgan fingerprint density at radius 1 is 1.33 bits per heavy atom. The first-order chi connectivity index (χ1) is 11.3. The van der Waals surface area contributed by atoms with Crippen LogP contribution in [0, 0.1) is 0 Å². The summed E-state index contributed by atoms with van der Waals surface area (Å²) in [6, 6.07) is 2.74. The number of rotatable bonds is 5. The minimum atomic E-state index is -4.57. The van der Waals surface area contributed by atoms with Crippen molar-refractivity contribution in [1.29, 1.82) is 0 Å². The molecule has 1 N–H and O–H groups in total. The molecule has 0 fully saturated rings. The second kappa shape index (κ2) is 7.33. The van der Waals surface area contributed by atoms with Gasteiger partial charge < -0.3 is 10.1 Å². The molecule has 0 atom stereocenters. The zero-order chi connectivity index (χ0) is 17.7. The third-order valence-electron chi connectivity index (χ3n) is 3.20. The topological polar surface area (TPSA) is 55.4 Å². The van der Waals surface area contributed by atoms with E-state index < -0.39 is 17.6 Å². The van der Waals surface area contributed by atoms with Gasteiger partial charge in [0.25, 0.3) is 5.91 Å². The summed E-state index contributed by atoms with van der Waals surface area (Å²) in [7, 11) is 0. The molecule has 1 amide bonds. The smallest absolute Gasteiger partial charge is 0.416 e. The van der Waals surface area contributed by atoms with E-state index in [4.69, 9.17) is 4.74 Å². The van der Waals surface area contributed by atoms with Gasteiger partial charge in [-0.3, -0.25) is 9.59 Å². The van der Waals surface area contributed by atoms with Gasteiger partial charge in [-0.2, -0.15) is 13.2 Å². The number of hydrogen-bond donors (Lipinski definition) is 1. The Bertz CT molecular complexity index is 706. The Kier molecular flexibility index (Phi) is 5.43. The van der Waals surface area contributed by atoms with E-state index in [2.05, 4.69) is 5.32 Å². The number of amides is 1. The second-order valence-electron chi connectivity index (χ2n) is 5.18. The van der Waals surface area contributed by atoms with Crippen molar-refractivity contribution in [2.45, 2.75) is 25.9 Å². The largest absolute Gasteiger partial charge is 0.493 e. The highest BCUT2D eigenvalue weighted by Crippen LogP contribution is 2.32. The molecule has 0 saturated heterocycles. The van der Waals surface area contributed by atoms with Crippen LogP contribution >= 0.6 is 0 Å². The summed E-state index contributed by atoms with van der Waals surface area (Å²) >= 11 is 0. The van der Waals surface area contributed by atoms with E-state index in [-0.39, 0.29) is 35.8 Å². The van der Waals surface area contributed by atoms with Crippen molar-refractivity contribution >= 4 is 11.7 Å². The van der Waals surface area contributed by atoms with Crippen LogP contribution in [-0.2, 0) is 11.0 Å². The average Bonchev–Trinajstić information content (AvgIpc) is 2.51. The van der Waals surface area contributed by atoms with Gasteiger partial charge in [0.1, 0.15) is 5.75 Å². The van der Waals surface area contributed by atoms with Crippen LogP contribution in [0.15, 0.2) is 42.1 Å². The number of halogens is 3. The quantitative estimate of drug-likeness (QED) is 0.891. The standard InChI is InChI=1S/C17H16F3NO3/c1-2-8-24-15-7-6-11(17(18,19)20)9-14(15)16(23)21-12-4-3-5-13(22)10-12/h3-4,6-7,9-10H,2,5,8H2,1H3,(H,21,23). The number of nitrogens with one attached hydrogen (secondary N) is 1. The van der Waals surface area contributed by atoms with Crippen molar-refractivity contribution < 1.29 is 27.5 Å². The first-order valence-electron chi connectivity index (χ1n) is 7.37. The van der Waals surface area contributed by atoms with Crippen molar-refractivity contribution in [3.63, 3.8) is 0 Å². The molecule has 0 bridgehead atoms. The predicted octanol–water partition coefficient (Wildman–Crippen LogP) is 3.64. The normalized spacial score (nSPS) is 14.3. The number of carbonyl (C=O) groups excluding carboxylic acids is 2. The number of alkyl halides is 3. The fraction of sp³-hybridized carbons (Fsp3) is 0.294. The zero-order valence-electron chi connectivity index (χ0n) is 12.9. The van der Waals surface area contributed by atoms with E-state index in [9.17, 15) is 22.8 Å². The molecule has 0 heterocycles. The fourth-order valence-electron chi connectivity index (χ4n) is 2.08. The Balaban J connectivity index is 2.32. The number of ether oxygens (including phenoxy) is 1. The molecule has 128 valence electrons. The molecule has 0 saturated carbocycles. The second-order valence-corrected chi connectivity index (χ2v) is 5.18. The molecule has 0 unspecified atom stereocenters. The van der Waals surface area contributed by atoms with Gasteiger partial charge in [-0.05, 0) is 30.7 Å². The summed E-state index contributed by atoms with van der Waals surface area (Å²) < 4.78 is 44.0. The highest BCUT2D eigenvalue weighted by Gasteiger charge is 2.32. The molecule has 24 heavy (non-hydrogen) atoms. The summed E-state index contributed by atoms with van der Waals surface area (Å²) in [5.41, 5.74) is -0.943. The van der Waals surface area contributed by atoms with Gasteiger partial charge in [0.05, 0.1) is 17.7 Å². The van der Waals surface area contributed by atoms with E-state index in [0.717, 1.165) is 18.2 Å². The van der Waals surface area contributed by atoms with Gasteiger partial charge in [-0.15, -0.1) is 0 Å². The molecule has 0 aliphatic heterocycles. The first-order valence-corrected chi connectivity index (χ1v) is 7.37. The highest BCUT2D eigenvalue weighted by molar-refractivity contribution is 6.00. The van der Waals surface area contributed by atoms with E-state index in [0.29, 0.717) is 6.42 Å². The molecule has 0 radical (unpaired) electrons. The SMILES string of the molecule is CCCOc1ccc(C(F)(F)F)cc1C(=O)NC1=CC(=O)CC=C1. The Hall–Kier alpha value is -2.57. The van der Waals surface area contributed by atoms with Gasteiger partial charge >= 0.3 is 6.18 Å². The van der Waals surface area contributed by atoms with Gasteiger partial charge in [0.2, 0.25) is 0 Å². The third kappa shape index (κ3) is 4.47. The zero-order valence-corrected chi connectivity index (χ0v) is 12.9. The third-order valence-corrected chi connectivity index (χ3v) is 3.20.